The highest BCUT2D eigenvalue weighted by molar-refractivity contribution is 6.90. The lowest BCUT2D eigenvalue weighted by Gasteiger charge is -2.17. The third-order valence-electron chi connectivity index (χ3n) is 5.13. The summed E-state index contributed by atoms with van der Waals surface area (Å²) in [4.78, 5) is 0. The minimum absolute atomic E-state index is 1.01. The van der Waals surface area contributed by atoms with Gasteiger partial charge in [-0.3, -0.25) is 0 Å². The van der Waals surface area contributed by atoms with E-state index >= 15 is 0 Å². The van der Waals surface area contributed by atoms with E-state index in [0.29, 0.717) is 0 Å². The second kappa shape index (κ2) is 6.56. The Kier molecular flexibility index (Phi) is 4.43. The molecule has 0 atom stereocenters. The second-order valence-corrected chi connectivity index (χ2v) is 19.4. The summed E-state index contributed by atoms with van der Waals surface area (Å²) in [5.41, 5.74) is 6.29. The Morgan fingerprint density at radius 2 is 0.643 bits per heavy atom. The number of hydrogen-bond acceptors (Lipinski definition) is 4. The molecule has 0 amide bonds. The quantitative estimate of drug-likeness (QED) is 0.370. The summed E-state index contributed by atoms with van der Waals surface area (Å²) < 4.78 is 22.5. The standard InChI is InChI=1S/C22H26O4Si2/c1-27(2,3)21-13-25-11-19(21)17-9-23-7-15(17)16-8-24-10-18(16)20-12-26-14-22(20)28(4,5)6/h7-14H,1-6H3. The Labute approximate surface area is 167 Å². The fourth-order valence-electron chi connectivity index (χ4n) is 3.60. The van der Waals surface area contributed by atoms with E-state index in [1.165, 1.54) is 10.4 Å². The zero-order valence-electron chi connectivity index (χ0n) is 17.3. The van der Waals surface area contributed by atoms with Crippen LogP contribution >= 0.6 is 0 Å². The minimum atomic E-state index is -1.56. The van der Waals surface area contributed by atoms with Crippen LogP contribution in [-0.2, 0) is 0 Å². The average Bonchev–Trinajstić information content (AvgIpc) is 3.37. The lowest BCUT2D eigenvalue weighted by atomic mass is 9.98. The molecule has 4 nitrogen and oxygen atoms in total. The summed E-state index contributed by atoms with van der Waals surface area (Å²) in [6.07, 6.45) is 14.6. The van der Waals surface area contributed by atoms with E-state index in [4.69, 9.17) is 17.7 Å². The van der Waals surface area contributed by atoms with Gasteiger partial charge in [-0.15, -0.1) is 0 Å². The number of hydrogen-bond donors (Lipinski definition) is 0. The summed E-state index contributed by atoms with van der Waals surface area (Å²) in [5, 5.41) is 2.57. The molecule has 28 heavy (non-hydrogen) atoms. The molecule has 4 rings (SSSR count). The maximum Gasteiger partial charge on any atom is 0.0988 e. The topological polar surface area (TPSA) is 52.6 Å². The first kappa shape index (κ1) is 18.9. The Hall–Kier alpha value is -2.45. The zero-order chi connectivity index (χ0) is 20.1. The lowest BCUT2D eigenvalue weighted by molar-refractivity contribution is 0.564. The summed E-state index contributed by atoms with van der Waals surface area (Å²) in [6.45, 7) is 13.9. The van der Waals surface area contributed by atoms with Crippen LogP contribution < -0.4 is 10.4 Å². The van der Waals surface area contributed by atoms with E-state index < -0.39 is 16.1 Å². The van der Waals surface area contributed by atoms with E-state index in [1.807, 2.05) is 25.1 Å². The Morgan fingerprint density at radius 3 is 0.964 bits per heavy atom. The molecule has 0 aliphatic rings. The molecule has 0 saturated heterocycles. The van der Waals surface area contributed by atoms with Gasteiger partial charge in [0.2, 0.25) is 0 Å². The monoisotopic (exact) mass is 410 g/mol. The molecular weight excluding hydrogens is 384 g/mol. The van der Waals surface area contributed by atoms with Crippen molar-refractivity contribution >= 4 is 26.5 Å². The molecule has 0 aliphatic heterocycles. The molecule has 0 unspecified atom stereocenters. The van der Waals surface area contributed by atoms with Crippen molar-refractivity contribution in [3.05, 3.63) is 50.1 Å². The first-order chi connectivity index (χ1) is 13.2. The van der Waals surface area contributed by atoms with Gasteiger partial charge < -0.3 is 17.7 Å². The minimum Gasteiger partial charge on any atom is -0.472 e. The molecule has 0 radical (unpaired) electrons. The van der Waals surface area contributed by atoms with Crippen molar-refractivity contribution in [3.63, 3.8) is 0 Å². The summed E-state index contributed by atoms with van der Waals surface area (Å²) in [7, 11) is -3.12. The van der Waals surface area contributed by atoms with Crippen LogP contribution in [0.3, 0.4) is 0 Å². The Bertz CT molecular complexity index is 1010. The Balaban J connectivity index is 1.86. The van der Waals surface area contributed by atoms with Gasteiger partial charge in [0.05, 0.1) is 66.3 Å². The molecule has 0 bridgehead atoms. The van der Waals surface area contributed by atoms with Crippen LogP contribution in [0.25, 0.3) is 33.4 Å². The third kappa shape index (κ3) is 3.16. The van der Waals surface area contributed by atoms with Gasteiger partial charge in [0.1, 0.15) is 0 Å². The summed E-state index contributed by atoms with van der Waals surface area (Å²) in [6, 6.07) is 0. The van der Waals surface area contributed by atoms with Crippen LogP contribution in [0.4, 0.5) is 0 Å². The molecule has 146 valence electrons. The molecule has 0 fully saturated rings. The van der Waals surface area contributed by atoms with Crippen LogP contribution in [0.2, 0.25) is 39.3 Å². The first-order valence-electron chi connectivity index (χ1n) is 9.45. The van der Waals surface area contributed by atoms with E-state index in [-0.39, 0.29) is 0 Å². The smallest absolute Gasteiger partial charge is 0.0988 e. The maximum absolute atomic E-state index is 5.65. The van der Waals surface area contributed by atoms with Gasteiger partial charge in [-0.2, -0.15) is 0 Å². The van der Waals surface area contributed by atoms with Gasteiger partial charge in [0.15, 0.2) is 0 Å². The van der Waals surface area contributed by atoms with E-state index in [0.717, 1.165) is 33.4 Å². The normalized spacial score (nSPS) is 12.6. The molecule has 0 aliphatic carbocycles. The van der Waals surface area contributed by atoms with Gasteiger partial charge in [-0.25, -0.2) is 0 Å². The van der Waals surface area contributed by atoms with Gasteiger partial charge in [0.25, 0.3) is 0 Å². The van der Waals surface area contributed by atoms with Crippen LogP contribution in [0.1, 0.15) is 0 Å². The van der Waals surface area contributed by atoms with E-state index in [2.05, 4.69) is 39.3 Å². The predicted octanol–water partition coefficient (Wildman–Crippen LogP) is 6.15. The second-order valence-electron chi connectivity index (χ2n) is 9.30. The average molecular weight is 411 g/mol. The van der Waals surface area contributed by atoms with Crippen LogP contribution in [0.15, 0.2) is 67.8 Å². The Morgan fingerprint density at radius 1 is 0.393 bits per heavy atom. The van der Waals surface area contributed by atoms with Crippen LogP contribution in [0, 0.1) is 0 Å². The largest absolute Gasteiger partial charge is 0.472 e. The molecule has 4 heterocycles. The summed E-state index contributed by atoms with van der Waals surface area (Å²) in [5.74, 6) is 0. The third-order valence-corrected chi connectivity index (χ3v) is 9.14. The number of furan rings is 4. The predicted molar refractivity (Wildman–Crippen MR) is 118 cm³/mol. The van der Waals surface area contributed by atoms with Crippen LogP contribution in [-0.4, -0.2) is 16.1 Å². The van der Waals surface area contributed by atoms with Crippen molar-refractivity contribution in [2.24, 2.45) is 0 Å². The highest BCUT2D eigenvalue weighted by Crippen LogP contribution is 2.40. The van der Waals surface area contributed by atoms with Crippen molar-refractivity contribution in [1.82, 2.24) is 0 Å². The van der Waals surface area contributed by atoms with Gasteiger partial charge in [-0.05, 0) is 10.4 Å². The fraction of sp³-hybridized carbons (Fsp3) is 0.273. The SMILES string of the molecule is C[Si](C)(C)c1cocc1-c1cocc1-c1cocc1-c1cocc1[Si](C)(C)C. The molecule has 6 heteroatoms. The highest BCUT2D eigenvalue weighted by atomic mass is 28.3. The van der Waals surface area contributed by atoms with E-state index in [9.17, 15) is 0 Å². The van der Waals surface area contributed by atoms with Crippen molar-refractivity contribution < 1.29 is 17.7 Å². The highest BCUT2D eigenvalue weighted by Gasteiger charge is 2.28. The van der Waals surface area contributed by atoms with Crippen LogP contribution in [0.5, 0.6) is 0 Å². The molecule has 0 aromatic carbocycles. The molecular formula is C22H26O4Si2. The molecule has 0 spiro atoms. The number of rotatable bonds is 5. The van der Waals surface area contributed by atoms with Crippen molar-refractivity contribution in [2.75, 3.05) is 0 Å². The van der Waals surface area contributed by atoms with Crippen molar-refractivity contribution in [3.8, 4) is 33.4 Å². The van der Waals surface area contributed by atoms with Crippen molar-refractivity contribution in [2.45, 2.75) is 39.3 Å². The van der Waals surface area contributed by atoms with Gasteiger partial charge in [-0.1, -0.05) is 39.3 Å². The van der Waals surface area contributed by atoms with Gasteiger partial charge >= 0.3 is 0 Å². The lowest BCUT2D eigenvalue weighted by Crippen LogP contribution is -2.37. The van der Waals surface area contributed by atoms with Crippen molar-refractivity contribution in [1.29, 1.82) is 0 Å². The molecule has 4 aromatic rings. The maximum atomic E-state index is 5.65. The molecule has 0 N–H and O–H groups in total. The molecule has 0 saturated carbocycles. The zero-order valence-corrected chi connectivity index (χ0v) is 19.3. The molecule has 4 aromatic heterocycles. The van der Waals surface area contributed by atoms with E-state index in [1.54, 1.807) is 25.1 Å². The first-order valence-corrected chi connectivity index (χ1v) is 16.4. The van der Waals surface area contributed by atoms with Gasteiger partial charge in [0, 0.05) is 33.4 Å². The summed E-state index contributed by atoms with van der Waals surface area (Å²) >= 11 is 0. The fourth-order valence-corrected chi connectivity index (χ4v) is 6.45.